The first-order valence-electron chi connectivity index (χ1n) is 11.8. The van der Waals surface area contributed by atoms with Gasteiger partial charge in [-0.1, -0.05) is 0 Å². The van der Waals surface area contributed by atoms with Crippen LogP contribution in [-0.2, 0) is 30.7 Å². The molecule has 0 atom stereocenters. The fraction of sp³-hybridized carbons (Fsp3) is 0.103. The zero-order chi connectivity index (χ0) is 22.9. The minimum absolute atomic E-state index is 0.447. The van der Waals surface area contributed by atoms with E-state index < -0.39 is 17.6 Å². The topological polar surface area (TPSA) is 22.2 Å². The van der Waals surface area contributed by atoms with E-state index in [1.807, 2.05) is 12.1 Å². The number of para-hydroxylation sites is 4. The summed E-state index contributed by atoms with van der Waals surface area (Å²) in [5, 5.41) is 0. The number of hydrogen-bond acceptors (Lipinski definition) is 5. The molecule has 6 bridgehead atoms. The van der Waals surface area contributed by atoms with Crippen molar-refractivity contribution in [3.8, 4) is 11.5 Å². The van der Waals surface area contributed by atoms with Gasteiger partial charge < -0.3 is 0 Å². The Kier molecular flexibility index (Phi) is 4.14. The molecule has 0 unspecified atom stereocenters. The third-order valence-corrected chi connectivity index (χ3v) is 10.4. The summed E-state index contributed by atoms with van der Waals surface area (Å²) in [4.78, 5) is 10.2. The van der Waals surface area contributed by atoms with E-state index in [-0.39, 0.29) is 0 Å². The average molecular weight is 638 g/mol. The Hall–Kier alpha value is -3.69. The van der Waals surface area contributed by atoms with Crippen LogP contribution in [0.15, 0.2) is 97.1 Å². The van der Waals surface area contributed by atoms with Crippen LogP contribution in [0.1, 0.15) is 11.1 Å². The van der Waals surface area contributed by atoms with Crippen LogP contribution in [0.25, 0.3) is 0 Å². The molecule has 0 saturated carbocycles. The van der Waals surface area contributed by atoms with Crippen molar-refractivity contribution in [3.05, 3.63) is 108 Å². The summed E-state index contributed by atoms with van der Waals surface area (Å²) in [6.45, 7) is 2.51. The van der Waals surface area contributed by atoms with E-state index in [2.05, 4.69) is 105 Å². The van der Waals surface area contributed by atoms with Crippen LogP contribution in [0.5, 0.6) is 11.5 Å². The predicted octanol–water partition coefficient (Wildman–Crippen LogP) is 5.37. The first kappa shape index (κ1) is 19.6. The second-order valence-corrected chi connectivity index (χ2v) is 11.7. The number of ether oxygens (including phenoxy) is 1. The Labute approximate surface area is 211 Å². The van der Waals surface area contributed by atoms with Crippen LogP contribution in [-0.4, -0.2) is 15.0 Å². The molecule has 4 aromatic carbocycles. The summed E-state index contributed by atoms with van der Waals surface area (Å²) in [5.74, 6) is 1.77. The van der Waals surface area contributed by atoms with Crippen molar-refractivity contribution in [1.82, 2.24) is 0 Å². The maximum atomic E-state index is 6.33. The van der Waals surface area contributed by atoms with E-state index in [0.29, 0.717) is 0 Å². The quantitative estimate of drug-likeness (QED) is 0.258. The van der Waals surface area contributed by atoms with Gasteiger partial charge in [-0.05, 0) is 0 Å². The van der Waals surface area contributed by atoms with Gasteiger partial charge in [-0.25, -0.2) is 0 Å². The molecule has 8 rings (SSSR count). The van der Waals surface area contributed by atoms with Crippen LogP contribution in [0, 0.1) is 0 Å². The standard InChI is InChI=1S/C29H22N4O.Pt/c1-3-13-28-26(11-1)30-17-22-7-5-9-24(15-22)34-25-10-6-8-23(16-25)18-31-20-33(21-32(28)19-30)29-14-4-2-12-27(29)31;/h1-16H,17-18,21H2;. The van der Waals surface area contributed by atoms with E-state index in [4.69, 9.17) is 4.74 Å². The third kappa shape index (κ3) is 2.98. The summed E-state index contributed by atoms with van der Waals surface area (Å²) in [6, 6.07) is 34.8. The molecule has 0 N–H and O–H groups in total. The molecule has 0 amide bonds. The van der Waals surface area contributed by atoms with Crippen LogP contribution in [0.3, 0.4) is 0 Å². The summed E-state index contributed by atoms with van der Waals surface area (Å²) >= 11 is -0.447. The molecule has 0 radical (unpaired) electrons. The monoisotopic (exact) mass is 637 g/mol. The van der Waals surface area contributed by atoms with Crippen LogP contribution >= 0.6 is 0 Å². The number of fused-ring (bicyclic) bond motifs is 10. The average Bonchev–Trinajstić information content (AvgIpc) is 3.36. The van der Waals surface area contributed by atoms with Gasteiger partial charge in [0.15, 0.2) is 0 Å². The molecular weight excluding hydrogens is 615 g/mol. The van der Waals surface area contributed by atoms with Gasteiger partial charge in [0.1, 0.15) is 0 Å². The van der Waals surface area contributed by atoms with E-state index in [1.54, 1.807) is 0 Å². The Bertz CT molecular complexity index is 1480. The number of benzene rings is 4. The zero-order valence-corrected chi connectivity index (χ0v) is 21.1. The third-order valence-electron chi connectivity index (χ3n) is 6.89. The van der Waals surface area contributed by atoms with Crippen molar-refractivity contribution < 1.29 is 22.4 Å². The maximum absolute atomic E-state index is 6.33. The molecule has 0 spiro atoms. The summed E-state index contributed by atoms with van der Waals surface area (Å²) < 4.78 is 9.23. The van der Waals surface area contributed by atoms with Gasteiger partial charge in [0.2, 0.25) is 0 Å². The fourth-order valence-corrected chi connectivity index (χ4v) is 8.80. The van der Waals surface area contributed by atoms with Crippen molar-refractivity contribution in [1.29, 1.82) is 0 Å². The second kappa shape index (κ2) is 7.40. The molecule has 0 saturated heterocycles. The molecule has 4 aliphatic rings. The van der Waals surface area contributed by atoms with Gasteiger partial charge >= 0.3 is 212 Å². The van der Waals surface area contributed by atoms with Gasteiger partial charge in [-0.2, -0.15) is 0 Å². The first-order valence-corrected chi connectivity index (χ1v) is 14.1. The number of rotatable bonds is 0. The van der Waals surface area contributed by atoms with Crippen LogP contribution < -0.4 is 24.3 Å². The SMILES string of the molecule is c1cc2cc(c1)Oc1cccc(c1)CN1[C]3=[Pt]=[C]4N(C2)c2ccccc2N4CN3c2ccccc21. The Morgan fingerprint density at radius 3 is 1.46 bits per heavy atom. The van der Waals surface area contributed by atoms with Crippen molar-refractivity contribution >= 4 is 31.0 Å². The molecular formula is C29H22N4OPt. The Morgan fingerprint density at radius 2 is 0.971 bits per heavy atom. The van der Waals surface area contributed by atoms with Gasteiger partial charge in [-0.3, -0.25) is 0 Å². The molecule has 0 aliphatic carbocycles. The molecule has 174 valence electrons. The van der Waals surface area contributed by atoms with Gasteiger partial charge in [-0.15, -0.1) is 0 Å². The van der Waals surface area contributed by atoms with E-state index in [0.717, 1.165) is 31.3 Å². The van der Waals surface area contributed by atoms with Crippen LogP contribution in [0.2, 0.25) is 0 Å². The van der Waals surface area contributed by atoms with Gasteiger partial charge in [0.05, 0.1) is 0 Å². The summed E-state index contributed by atoms with van der Waals surface area (Å²) in [7, 11) is 0. The zero-order valence-electron chi connectivity index (χ0n) is 18.9. The van der Waals surface area contributed by atoms with E-state index in [9.17, 15) is 0 Å². The Morgan fingerprint density at radius 1 is 0.514 bits per heavy atom. The normalized spacial score (nSPS) is 17.4. The molecule has 0 fully saturated rings. The minimum atomic E-state index is -0.447. The summed E-state index contributed by atoms with van der Waals surface area (Å²) in [6.07, 6.45) is 0. The number of nitrogens with zero attached hydrogens (tertiary/aromatic N) is 4. The van der Waals surface area contributed by atoms with E-state index >= 15 is 0 Å². The first-order chi connectivity index (χ1) is 17.3. The molecule has 35 heavy (non-hydrogen) atoms. The molecule has 4 heterocycles. The van der Waals surface area contributed by atoms with Crippen molar-refractivity contribution in [3.63, 3.8) is 0 Å². The molecule has 4 aliphatic heterocycles. The number of hydrogen-bond donors (Lipinski definition) is 0. The van der Waals surface area contributed by atoms with Crippen molar-refractivity contribution in [2.24, 2.45) is 0 Å². The van der Waals surface area contributed by atoms with Gasteiger partial charge in [0, 0.05) is 0 Å². The Balaban J connectivity index is 1.40. The fourth-order valence-electron chi connectivity index (χ4n) is 5.34. The molecule has 6 heteroatoms. The summed E-state index contributed by atoms with van der Waals surface area (Å²) in [5.41, 5.74) is 7.72. The second-order valence-electron chi connectivity index (χ2n) is 9.11. The van der Waals surface area contributed by atoms with Gasteiger partial charge in [0.25, 0.3) is 0 Å². The molecule has 0 aromatic heterocycles. The van der Waals surface area contributed by atoms with Crippen molar-refractivity contribution in [2.45, 2.75) is 13.1 Å². The molecule has 4 aromatic rings. The molecule has 5 nitrogen and oxygen atoms in total. The van der Waals surface area contributed by atoms with Crippen molar-refractivity contribution in [2.75, 3.05) is 26.3 Å². The number of anilines is 4. The van der Waals surface area contributed by atoms with E-state index in [1.165, 1.54) is 42.2 Å². The van der Waals surface area contributed by atoms with Crippen LogP contribution in [0.4, 0.5) is 22.7 Å². The predicted molar refractivity (Wildman–Crippen MR) is 138 cm³/mol.